The van der Waals surface area contributed by atoms with E-state index >= 15 is 0 Å². The van der Waals surface area contributed by atoms with Gasteiger partial charge >= 0.3 is 0 Å². The molecule has 27 heavy (non-hydrogen) atoms. The lowest BCUT2D eigenvalue weighted by atomic mass is 10.1. The van der Waals surface area contributed by atoms with Crippen LogP contribution in [-0.4, -0.2) is 23.8 Å². The van der Waals surface area contributed by atoms with E-state index in [-0.39, 0.29) is 29.6 Å². The van der Waals surface area contributed by atoms with Crippen LogP contribution in [0.2, 0.25) is 0 Å². The molecule has 0 aliphatic carbocycles. The van der Waals surface area contributed by atoms with Crippen LogP contribution in [0.3, 0.4) is 0 Å². The average molecular weight is 369 g/mol. The smallest absolute Gasteiger partial charge is 0.294 e. The van der Waals surface area contributed by atoms with Crippen LogP contribution in [0.25, 0.3) is 0 Å². The first-order valence-electron chi connectivity index (χ1n) is 8.42. The van der Waals surface area contributed by atoms with E-state index < -0.39 is 10.8 Å². The van der Waals surface area contributed by atoms with Crippen molar-refractivity contribution in [3.63, 3.8) is 0 Å². The molecule has 2 aromatic rings. The van der Waals surface area contributed by atoms with Crippen molar-refractivity contribution in [1.29, 1.82) is 0 Å². The van der Waals surface area contributed by atoms with E-state index in [1.807, 2.05) is 12.1 Å². The first-order chi connectivity index (χ1) is 12.9. The van der Waals surface area contributed by atoms with Crippen molar-refractivity contribution < 1.29 is 19.2 Å². The van der Waals surface area contributed by atoms with Gasteiger partial charge < -0.3 is 10.1 Å². The second kappa shape index (κ2) is 7.45. The minimum Gasteiger partial charge on any atom is -0.497 e. The number of rotatable bonds is 6. The number of nitro benzene ring substituents is 1. The maximum Gasteiger partial charge on any atom is 0.294 e. The second-order valence-electron chi connectivity index (χ2n) is 6.33. The monoisotopic (exact) mass is 369 g/mol. The minimum atomic E-state index is -0.533. The SMILES string of the molecule is COc1ccc(CNc2ccc(N3C(=O)C[C@H](C)C3=O)cc2[N+](=O)[O-])cc1. The van der Waals surface area contributed by atoms with Crippen LogP contribution in [0.5, 0.6) is 5.75 Å². The van der Waals surface area contributed by atoms with Gasteiger partial charge in [-0.25, -0.2) is 0 Å². The molecular formula is C19H19N3O5. The summed E-state index contributed by atoms with van der Waals surface area (Å²) in [4.78, 5) is 36.1. The van der Waals surface area contributed by atoms with Gasteiger partial charge in [0.05, 0.1) is 17.7 Å². The van der Waals surface area contributed by atoms with Gasteiger partial charge in [0.1, 0.15) is 11.4 Å². The number of hydrogen-bond donors (Lipinski definition) is 1. The number of methoxy groups -OCH3 is 1. The Labute approximate surface area is 155 Å². The van der Waals surface area contributed by atoms with Crippen molar-refractivity contribution in [2.45, 2.75) is 19.9 Å². The Kier molecular flexibility index (Phi) is 5.07. The molecule has 1 fully saturated rings. The van der Waals surface area contributed by atoms with Gasteiger partial charge in [-0.15, -0.1) is 0 Å². The molecule has 1 N–H and O–H groups in total. The molecule has 1 saturated heterocycles. The van der Waals surface area contributed by atoms with E-state index in [0.717, 1.165) is 16.2 Å². The van der Waals surface area contributed by atoms with E-state index in [2.05, 4.69) is 5.32 Å². The predicted molar refractivity (Wildman–Crippen MR) is 99.7 cm³/mol. The maximum absolute atomic E-state index is 12.2. The Hall–Kier alpha value is -3.42. The molecule has 1 heterocycles. The highest BCUT2D eigenvalue weighted by Crippen LogP contribution is 2.33. The fourth-order valence-corrected chi connectivity index (χ4v) is 2.96. The first-order valence-corrected chi connectivity index (χ1v) is 8.42. The van der Waals surface area contributed by atoms with Crippen LogP contribution < -0.4 is 15.0 Å². The summed E-state index contributed by atoms with van der Waals surface area (Å²) in [5.41, 5.74) is 1.26. The Morgan fingerprint density at radius 2 is 1.93 bits per heavy atom. The Bertz CT molecular complexity index is 895. The van der Waals surface area contributed by atoms with Crippen molar-refractivity contribution in [3.8, 4) is 5.75 Å². The number of nitrogens with one attached hydrogen (secondary N) is 1. The number of carbonyl (C=O) groups is 2. The summed E-state index contributed by atoms with van der Waals surface area (Å²) in [5.74, 6) is -0.373. The third-order valence-electron chi connectivity index (χ3n) is 4.45. The third kappa shape index (κ3) is 3.74. The van der Waals surface area contributed by atoms with Crippen LogP contribution in [0.15, 0.2) is 42.5 Å². The molecule has 0 saturated carbocycles. The highest BCUT2D eigenvalue weighted by atomic mass is 16.6. The van der Waals surface area contributed by atoms with Crippen molar-refractivity contribution in [3.05, 3.63) is 58.1 Å². The number of ether oxygens (including phenoxy) is 1. The summed E-state index contributed by atoms with van der Waals surface area (Å²) in [6.45, 7) is 2.04. The zero-order chi connectivity index (χ0) is 19.6. The fourth-order valence-electron chi connectivity index (χ4n) is 2.96. The first kappa shape index (κ1) is 18.4. The quantitative estimate of drug-likeness (QED) is 0.477. The van der Waals surface area contributed by atoms with Crippen LogP contribution in [0.4, 0.5) is 17.1 Å². The van der Waals surface area contributed by atoms with Crippen LogP contribution in [0.1, 0.15) is 18.9 Å². The number of anilines is 2. The lowest BCUT2D eigenvalue weighted by Crippen LogP contribution is -2.30. The highest BCUT2D eigenvalue weighted by Gasteiger charge is 2.37. The van der Waals surface area contributed by atoms with Gasteiger partial charge in [0.15, 0.2) is 0 Å². The van der Waals surface area contributed by atoms with Gasteiger partial charge in [0.2, 0.25) is 11.8 Å². The molecule has 8 nitrogen and oxygen atoms in total. The minimum absolute atomic E-state index is 0.115. The van der Waals surface area contributed by atoms with E-state index in [1.54, 1.807) is 26.2 Å². The zero-order valence-electron chi connectivity index (χ0n) is 15.0. The van der Waals surface area contributed by atoms with Gasteiger partial charge in [0.25, 0.3) is 5.69 Å². The molecule has 1 aliphatic heterocycles. The average Bonchev–Trinajstić information content (AvgIpc) is 2.92. The Balaban J connectivity index is 1.82. The number of amides is 2. The normalized spacial score (nSPS) is 16.5. The number of carbonyl (C=O) groups excluding carboxylic acids is 2. The molecule has 2 amide bonds. The van der Waals surface area contributed by atoms with Crippen molar-refractivity contribution >= 4 is 28.9 Å². The molecule has 8 heteroatoms. The lowest BCUT2D eigenvalue weighted by molar-refractivity contribution is -0.383. The topological polar surface area (TPSA) is 102 Å². The Morgan fingerprint density at radius 1 is 1.22 bits per heavy atom. The summed E-state index contributed by atoms with van der Waals surface area (Å²) in [5, 5.41) is 14.5. The number of benzene rings is 2. The van der Waals surface area contributed by atoms with E-state index in [4.69, 9.17) is 4.74 Å². The van der Waals surface area contributed by atoms with Gasteiger partial charge in [0, 0.05) is 24.9 Å². The van der Waals surface area contributed by atoms with Gasteiger partial charge in [-0.05, 0) is 29.8 Å². The van der Waals surface area contributed by atoms with Crippen LogP contribution in [0, 0.1) is 16.0 Å². The molecule has 1 aliphatic rings. The highest BCUT2D eigenvalue weighted by molar-refractivity contribution is 6.21. The van der Waals surface area contributed by atoms with E-state index in [0.29, 0.717) is 12.2 Å². The molecular weight excluding hydrogens is 350 g/mol. The van der Waals surface area contributed by atoms with Crippen molar-refractivity contribution in [2.75, 3.05) is 17.3 Å². The fraction of sp³-hybridized carbons (Fsp3) is 0.263. The summed E-state index contributed by atoms with van der Waals surface area (Å²) < 4.78 is 5.10. The van der Waals surface area contributed by atoms with Gasteiger partial charge in [-0.1, -0.05) is 19.1 Å². The molecule has 140 valence electrons. The zero-order valence-corrected chi connectivity index (χ0v) is 15.0. The molecule has 0 bridgehead atoms. The molecule has 3 rings (SSSR count). The van der Waals surface area contributed by atoms with Crippen LogP contribution in [-0.2, 0) is 16.1 Å². The molecule has 0 spiro atoms. The summed E-state index contributed by atoms with van der Waals surface area (Å²) in [6, 6.07) is 11.6. The standard InChI is InChI=1S/C19H19N3O5/c1-12-9-18(23)21(19(12)24)14-5-8-16(17(10-14)22(25)26)20-11-13-3-6-15(27-2)7-4-13/h3-8,10,12,20H,9,11H2,1-2H3/t12-/m0/s1. The molecule has 0 unspecified atom stereocenters. The summed E-state index contributed by atoms with van der Waals surface area (Å²) in [6.07, 6.45) is 0.115. The molecule has 2 aromatic carbocycles. The van der Waals surface area contributed by atoms with Gasteiger partial charge in [-0.3, -0.25) is 24.6 Å². The largest absolute Gasteiger partial charge is 0.497 e. The number of imide groups is 1. The molecule has 0 radical (unpaired) electrons. The van der Waals surface area contributed by atoms with Crippen LogP contribution >= 0.6 is 0 Å². The summed E-state index contributed by atoms with van der Waals surface area (Å²) >= 11 is 0. The van der Waals surface area contributed by atoms with Crippen molar-refractivity contribution in [2.24, 2.45) is 5.92 Å². The second-order valence-corrected chi connectivity index (χ2v) is 6.33. The predicted octanol–water partition coefficient (Wildman–Crippen LogP) is 3.11. The van der Waals surface area contributed by atoms with E-state index in [9.17, 15) is 19.7 Å². The number of nitro groups is 1. The third-order valence-corrected chi connectivity index (χ3v) is 4.45. The maximum atomic E-state index is 12.2. The molecule has 1 atom stereocenters. The number of hydrogen-bond acceptors (Lipinski definition) is 6. The lowest BCUT2D eigenvalue weighted by Gasteiger charge is -2.15. The van der Waals surface area contributed by atoms with Crippen molar-refractivity contribution in [1.82, 2.24) is 0 Å². The summed E-state index contributed by atoms with van der Waals surface area (Å²) in [7, 11) is 1.58. The van der Waals surface area contributed by atoms with E-state index in [1.165, 1.54) is 18.2 Å². The Morgan fingerprint density at radius 3 is 2.48 bits per heavy atom. The number of nitrogens with zero attached hydrogens (tertiary/aromatic N) is 2. The molecule has 0 aromatic heterocycles. The van der Waals surface area contributed by atoms with Gasteiger partial charge in [-0.2, -0.15) is 0 Å².